The molecule has 0 fully saturated rings. The molecule has 6 heteroatoms. The van der Waals surface area contributed by atoms with Crippen LogP contribution in [0, 0.1) is 12.8 Å². The number of hydrogen-bond donors (Lipinski definition) is 0. The predicted octanol–water partition coefficient (Wildman–Crippen LogP) is 3.09. The molecule has 0 atom stereocenters. The second-order valence-corrected chi connectivity index (χ2v) is 5.77. The molecular weight excluding hydrogens is 296 g/mol. The zero-order valence-electron chi connectivity index (χ0n) is 13.7. The van der Waals surface area contributed by atoms with E-state index in [1.54, 1.807) is 0 Å². The van der Waals surface area contributed by atoms with Crippen molar-refractivity contribution in [3.63, 3.8) is 0 Å². The molecule has 0 aliphatic heterocycles. The highest BCUT2D eigenvalue weighted by Gasteiger charge is 2.11. The van der Waals surface area contributed by atoms with Crippen molar-refractivity contribution in [1.29, 1.82) is 0 Å². The summed E-state index contributed by atoms with van der Waals surface area (Å²) in [5.74, 6) is 1.77. The first-order valence-corrected chi connectivity index (χ1v) is 7.69. The molecule has 0 unspecified atom stereocenters. The molecule has 0 aliphatic carbocycles. The summed E-state index contributed by atoms with van der Waals surface area (Å²) >= 11 is 0. The van der Waals surface area contributed by atoms with Crippen LogP contribution in [0.5, 0.6) is 5.75 Å². The molecule has 0 spiro atoms. The molecule has 1 heterocycles. The van der Waals surface area contributed by atoms with Gasteiger partial charge in [0.2, 0.25) is 0 Å². The Morgan fingerprint density at radius 1 is 1.26 bits per heavy atom. The molecule has 23 heavy (non-hydrogen) atoms. The van der Waals surface area contributed by atoms with Crippen LogP contribution in [0.4, 0.5) is 0 Å². The number of aromatic nitrogens is 2. The molecule has 0 N–H and O–H groups in total. The van der Waals surface area contributed by atoms with E-state index in [1.165, 1.54) is 0 Å². The van der Waals surface area contributed by atoms with E-state index in [0.717, 1.165) is 17.7 Å². The minimum absolute atomic E-state index is 0.00550. The zero-order valence-corrected chi connectivity index (χ0v) is 13.7. The largest absolute Gasteiger partial charge is 0.493 e. The number of benzene rings is 1. The van der Waals surface area contributed by atoms with Crippen molar-refractivity contribution in [2.45, 2.75) is 40.2 Å². The van der Waals surface area contributed by atoms with E-state index < -0.39 is 0 Å². The zero-order chi connectivity index (χ0) is 16.7. The second kappa shape index (κ2) is 8.31. The molecule has 0 bridgehead atoms. The third-order valence-corrected chi connectivity index (χ3v) is 3.05. The highest BCUT2D eigenvalue weighted by Crippen LogP contribution is 2.11. The Balaban J connectivity index is 1.66. The molecule has 1 aromatic heterocycles. The lowest BCUT2D eigenvalue weighted by Gasteiger charge is -2.06. The Bertz CT molecular complexity index is 620. The molecule has 0 aliphatic rings. The SMILES string of the molecule is Cc1ccc(OCCC(=O)OCc2nc(CC(C)C)no2)cc1. The monoisotopic (exact) mass is 318 g/mol. The number of rotatable bonds is 8. The van der Waals surface area contributed by atoms with Gasteiger partial charge >= 0.3 is 5.97 Å². The third kappa shape index (κ3) is 6.10. The Morgan fingerprint density at radius 2 is 2.00 bits per heavy atom. The van der Waals surface area contributed by atoms with Gasteiger partial charge in [-0.1, -0.05) is 36.7 Å². The fourth-order valence-electron chi connectivity index (χ4n) is 1.90. The second-order valence-electron chi connectivity index (χ2n) is 5.77. The summed E-state index contributed by atoms with van der Waals surface area (Å²) in [6.45, 7) is 6.41. The first kappa shape index (κ1) is 17.0. The Morgan fingerprint density at radius 3 is 2.70 bits per heavy atom. The van der Waals surface area contributed by atoms with Crippen LogP contribution in [0.25, 0.3) is 0 Å². The van der Waals surface area contributed by atoms with Crippen molar-refractivity contribution >= 4 is 5.97 Å². The Labute approximate surface area is 135 Å². The maximum atomic E-state index is 11.7. The average Bonchev–Trinajstić information content (AvgIpc) is 2.94. The summed E-state index contributed by atoms with van der Waals surface area (Å²) in [6.07, 6.45) is 0.905. The van der Waals surface area contributed by atoms with Gasteiger partial charge in [0.25, 0.3) is 5.89 Å². The molecule has 1 aromatic carbocycles. The summed E-state index contributed by atoms with van der Waals surface area (Å²) in [5.41, 5.74) is 1.16. The first-order valence-electron chi connectivity index (χ1n) is 7.69. The molecular formula is C17H22N2O4. The molecule has 2 aromatic rings. The van der Waals surface area contributed by atoms with Gasteiger partial charge in [0.1, 0.15) is 5.75 Å². The lowest BCUT2D eigenvalue weighted by molar-refractivity contribution is -0.146. The molecule has 0 radical (unpaired) electrons. The minimum Gasteiger partial charge on any atom is -0.493 e. The van der Waals surface area contributed by atoms with Gasteiger partial charge < -0.3 is 14.0 Å². The lowest BCUT2D eigenvalue weighted by atomic mass is 10.1. The van der Waals surface area contributed by atoms with E-state index in [0.29, 0.717) is 17.6 Å². The summed E-state index contributed by atoms with van der Waals surface area (Å²) in [5, 5.41) is 3.84. The van der Waals surface area contributed by atoms with Gasteiger partial charge in [-0.25, -0.2) is 0 Å². The van der Waals surface area contributed by atoms with Crippen LogP contribution in [0.1, 0.15) is 37.5 Å². The maximum absolute atomic E-state index is 11.7. The van der Waals surface area contributed by atoms with Gasteiger partial charge in [-0.3, -0.25) is 4.79 Å². The van der Waals surface area contributed by atoms with Crippen molar-refractivity contribution in [3.05, 3.63) is 41.5 Å². The summed E-state index contributed by atoms with van der Waals surface area (Å²) in [6, 6.07) is 7.65. The van der Waals surface area contributed by atoms with Crippen molar-refractivity contribution in [1.82, 2.24) is 10.1 Å². The van der Waals surface area contributed by atoms with Crippen LogP contribution in [0.3, 0.4) is 0 Å². The average molecular weight is 318 g/mol. The van der Waals surface area contributed by atoms with Gasteiger partial charge in [0, 0.05) is 6.42 Å². The van der Waals surface area contributed by atoms with Crippen LogP contribution < -0.4 is 4.74 Å². The molecule has 0 saturated heterocycles. The predicted molar refractivity (Wildman–Crippen MR) is 83.9 cm³/mol. The van der Waals surface area contributed by atoms with Crippen LogP contribution in [0.2, 0.25) is 0 Å². The Kier molecular flexibility index (Phi) is 6.14. The maximum Gasteiger partial charge on any atom is 0.309 e. The summed E-state index contributed by atoms with van der Waals surface area (Å²) in [4.78, 5) is 15.8. The van der Waals surface area contributed by atoms with Crippen molar-refractivity contribution in [2.24, 2.45) is 5.92 Å². The Hall–Kier alpha value is -2.37. The quantitative estimate of drug-likeness (QED) is 0.696. The molecule has 6 nitrogen and oxygen atoms in total. The van der Waals surface area contributed by atoms with E-state index in [1.807, 2.05) is 31.2 Å². The van der Waals surface area contributed by atoms with E-state index in [9.17, 15) is 4.79 Å². The van der Waals surface area contributed by atoms with Crippen molar-refractivity contribution < 1.29 is 18.8 Å². The van der Waals surface area contributed by atoms with Gasteiger partial charge in [-0.05, 0) is 25.0 Å². The van der Waals surface area contributed by atoms with Crippen LogP contribution in [0.15, 0.2) is 28.8 Å². The number of carbonyl (C=O) groups is 1. The van der Waals surface area contributed by atoms with Crippen LogP contribution >= 0.6 is 0 Å². The van der Waals surface area contributed by atoms with Crippen LogP contribution in [-0.4, -0.2) is 22.7 Å². The normalized spacial score (nSPS) is 10.8. The van der Waals surface area contributed by atoms with E-state index in [2.05, 4.69) is 24.0 Å². The van der Waals surface area contributed by atoms with Crippen LogP contribution in [-0.2, 0) is 22.6 Å². The highest BCUT2D eigenvalue weighted by atomic mass is 16.6. The number of esters is 1. The third-order valence-electron chi connectivity index (χ3n) is 3.05. The molecule has 0 saturated carbocycles. The fourth-order valence-corrected chi connectivity index (χ4v) is 1.90. The van der Waals surface area contributed by atoms with Gasteiger partial charge in [0.15, 0.2) is 12.4 Å². The topological polar surface area (TPSA) is 74.5 Å². The molecule has 0 amide bonds. The molecule has 124 valence electrons. The van der Waals surface area contributed by atoms with Gasteiger partial charge in [-0.15, -0.1) is 0 Å². The van der Waals surface area contributed by atoms with E-state index in [4.69, 9.17) is 14.0 Å². The van der Waals surface area contributed by atoms with Gasteiger partial charge in [0.05, 0.1) is 13.0 Å². The van der Waals surface area contributed by atoms with Crippen molar-refractivity contribution in [3.8, 4) is 5.75 Å². The number of carbonyl (C=O) groups excluding carboxylic acids is 1. The highest BCUT2D eigenvalue weighted by molar-refractivity contribution is 5.69. The summed E-state index contributed by atoms with van der Waals surface area (Å²) in [7, 11) is 0. The number of nitrogens with zero attached hydrogens (tertiary/aromatic N) is 2. The van der Waals surface area contributed by atoms with E-state index in [-0.39, 0.29) is 25.6 Å². The minimum atomic E-state index is -0.360. The summed E-state index contributed by atoms with van der Waals surface area (Å²) < 4.78 is 15.6. The smallest absolute Gasteiger partial charge is 0.309 e. The lowest BCUT2D eigenvalue weighted by Crippen LogP contribution is -2.10. The first-order chi connectivity index (χ1) is 11.0. The fraction of sp³-hybridized carbons (Fsp3) is 0.471. The van der Waals surface area contributed by atoms with Crippen molar-refractivity contribution in [2.75, 3.05) is 6.61 Å². The number of hydrogen-bond acceptors (Lipinski definition) is 6. The molecule has 2 rings (SSSR count). The van der Waals surface area contributed by atoms with Gasteiger partial charge in [-0.2, -0.15) is 4.98 Å². The number of aryl methyl sites for hydroxylation is 1. The van der Waals surface area contributed by atoms with E-state index >= 15 is 0 Å². The number of ether oxygens (including phenoxy) is 2. The standard InChI is InChI=1S/C17H22N2O4/c1-12(2)10-15-18-16(23-19-15)11-22-17(20)8-9-21-14-6-4-13(3)5-7-14/h4-7,12H,8-11H2,1-3H3.